The quantitative estimate of drug-likeness (QED) is 0.658. The van der Waals surface area contributed by atoms with E-state index in [4.69, 9.17) is 5.73 Å². The largest absolute Gasteiger partial charge is 0.378 e. The van der Waals surface area contributed by atoms with Crippen LogP contribution in [0.5, 0.6) is 0 Å². The molecule has 0 saturated heterocycles. The molecule has 0 aliphatic heterocycles. The lowest BCUT2D eigenvalue weighted by atomic mass is 10.2. The Kier molecular flexibility index (Phi) is 2.94. The molecule has 14 heavy (non-hydrogen) atoms. The number of nitrogens with two attached hydrogens (primary N) is 1. The number of aromatic nitrogens is 1. The molecule has 0 bridgehead atoms. The Hall–Kier alpha value is -1.31. The first kappa shape index (κ1) is 10.8. The first-order chi connectivity index (χ1) is 6.45. The third kappa shape index (κ3) is 1.79. The van der Waals surface area contributed by atoms with Crippen molar-refractivity contribution >= 4 is 27.4 Å². The van der Waals surface area contributed by atoms with Crippen molar-refractivity contribution in [1.29, 1.82) is 0 Å². The van der Waals surface area contributed by atoms with Gasteiger partial charge in [-0.3, -0.25) is 10.1 Å². The Morgan fingerprint density at radius 1 is 1.64 bits per heavy atom. The van der Waals surface area contributed by atoms with E-state index in [0.29, 0.717) is 0 Å². The summed E-state index contributed by atoms with van der Waals surface area (Å²) in [6.07, 6.45) is -1.97. The second-order valence-corrected chi connectivity index (χ2v) is 3.17. The number of nitro groups is 1. The Balaban J connectivity index is 3.50. The van der Waals surface area contributed by atoms with Crippen LogP contribution in [0, 0.1) is 10.1 Å². The molecule has 5 nitrogen and oxygen atoms in total. The summed E-state index contributed by atoms with van der Waals surface area (Å²) < 4.78 is 24.7. The number of hydrogen-bond donors (Lipinski definition) is 1. The first-order valence-corrected chi connectivity index (χ1v) is 4.11. The minimum atomic E-state index is -2.98. The Morgan fingerprint density at radius 2 is 2.21 bits per heavy atom. The molecule has 0 aliphatic carbocycles. The Bertz CT molecular complexity index is 386. The molecule has 0 atom stereocenters. The van der Waals surface area contributed by atoms with E-state index in [1.54, 1.807) is 0 Å². The zero-order valence-electron chi connectivity index (χ0n) is 6.58. The lowest BCUT2D eigenvalue weighted by molar-refractivity contribution is -0.385. The summed E-state index contributed by atoms with van der Waals surface area (Å²) in [4.78, 5) is 12.9. The van der Waals surface area contributed by atoms with Crippen LogP contribution in [-0.4, -0.2) is 9.91 Å². The molecule has 1 rings (SSSR count). The number of nitrogens with zero attached hydrogens (tertiary/aromatic N) is 2. The van der Waals surface area contributed by atoms with Crippen molar-refractivity contribution in [3.8, 4) is 0 Å². The van der Waals surface area contributed by atoms with Crippen LogP contribution in [-0.2, 0) is 0 Å². The predicted octanol–water partition coefficient (Wildman–Crippen LogP) is 2.27. The van der Waals surface area contributed by atoms with Gasteiger partial charge in [-0.15, -0.1) is 0 Å². The molecule has 1 heterocycles. The monoisotopic (exact) mass is 267 g/mol. The maximum atomic E-state index is 12.4. The van der Waals surface area contributed by atoms with E-state index >= 15 is 0 Å². The fourth-order valence-corrected chi connectivity index (χ4v) is 1.37. The molecule has 8 heteroatoms. The van der Waals surface area contributed by atoms with Gasteiger partial charge in [0.2, 0.25) is 5.82 Å². The van der Waals surface area contributed by atoms with E-state index in [2.05, 4.69) is 20.9 Å². The highest BCUT2D eigenvalue weighted by Gasteiger charge is 2.28. The number of hydrogen-bond acceptors (Lipinski definition) is 4. The van der Waals surface area contributed by atoms with E-state index in [1.807, 2.05) is 0 Å². The van der Waals surface area contributed by atoms with E-state index in [1.165, 1.54) is 0 Å². The molecular weight excluding hydrogens is 264 g/mol. The van der Waals surface area contributed by atoms with Gasteiger partial charge in [0.05, 0.1) is 9.40 Å². The minimum absolute atomic E-state index is 0.131. The number of anilines is 1. The van der Waals surface area contributed by atoms with Crippen LogP contribution in [0.25, 0.3) is 0 Å². The van der Waals surface area contributed by atoms with Crippen LogP contribution in [0.15, 0.2) is 10.7 Å². The molecule has 0 saturated carbocycles. The fraction of sp³-hybridized carbons (Fsp3) is 0.167. The van der Waals surface area contributed by atoms with Gasteiger partial charge in [0.15, 0.2) is 0 Å². The Morgan fingerprint density at radius 3 is 2.57 bits per heavy atom. The summed E-state index contributed by atoms with van der Waals surface area (Å²) in [5.41, 5.74) is 3.52. The van der Waals surface area contributed by atoms with Crippen molar-refractivity contribution in [2.75, 3.05) is 5.73 Å². The van der Waals surface area contributed by atoms with Crippen molar-refractivity contribution in [2.45, 2.75) is 6.43 Å². The smallest absolute Gasteiger partial charge is 0.321 e. The third-order valence-electron chi connectivity index (χ3n) is 1.47. The molecule has 0 radical (unpaired) electrons. The lowest BCUT2D eigenvalue weighted by Gasteiger charge is -2.05. The molecule has 0 aromatic carbocycles. The van der Waals surface area contributed by atoms with Gasteiger partial charge in [0, 0.05) is 6.20 Å². The summed E-state index contributed by atoms with van der Waals surface area (Å²) in [5.74, 6) is -0.520. The minimum Gasteiger partial charge on any atom is -0.378 e. The molecule has 0 amide bonds. The third-order valence-corrected chi connectivity index (χ3v) is 2.10. The lowest BCUT2D eigenvalue weighted by Crippen LogP contribution is -2.04. The van der Waals surface area contributed by atoms with Gasteiger partial charge in [0.1, 0.15) is 5.56 Å². The molecule has 1 aromatic heterocycles. The molecular formula is C6H4BrF2N3O2. The van der Waals surface area contributed by atoms with Gasteiger partial charge in [-0.05, 0) is 15.9 Å². The number of alkyl halides is 2. The number of pyridine rings is 1. The predicted molar refractivity (Wildman–Crippen MR) is 48.0 cm³/mol. The van der Waals surface area contributed by atoms with Gasteiger partial charge in [0.25, 0.3) is 6.43 Å². The molecule has 0 fully saturated rings. The van der Waals surface area contributed by atoms with Crippen molar-refractivity contribution in [3.63, 3.8) is 0 Å². The van der Waals surface area contributed by atoms with Gasteiger partial charge in [-0.25, -0.2) is 13.8 Å². The normalized spacial score (nSPS) is 10.6. The van der Waals surface area contributed by atoms with Gasteiger partial charge in [-0.1, -0.05) is 0 Å². The van der Waals surface area contributed by atoms with Gasteiger partial charge < -0.3 is 5.73 Å². The average molecular weight is 268 g/mol. The second-order valence-electron chi connectivity index (χ2n) is 2.31. The van der Waals surface area contributed by atoms with Crippen molar-refractivity contribution in [2.24, 2.45) is 0 Å². The fourth-order valence-electron chi connectivity index (χ4n) is 0.907. The SMILES string of the molecule is Nc1ncc(Br)c(C(F)F)c1[N+](=O)[O-]. The van der Waals surface area contributed by atoms with Crippen molar-refractivity contribution < 1.29 is 13.7 Å². The molecule has 0 aliphatic rings. The van der Waals surface area contributed by atoms with Crippen molar-refractivity contribution in [1.82, 2.24) is 4.98 Å². The zero-order chi connectivity index (χ0) is 10.9. The highest BCUT2D eigenvalue weighted by Crippen LogP contribution is 2.37. The van der Waals surface area contributed by atoms with E-state index in [-0.39, 0.29) is 4.47 Å². The molecule has 0 spiro atoms. The van der Waals surface area contributed by atoms with E-state index in [9.17, 15) is 18.9 Å². The van der Waals surface area contributed by atoms with Crippen LogP contribution < -0.4 is 5.73 Å². The van der Waals surface area contributed by atoms with Crippen molar-refractivity contribution in [3.05, 3.63) is 26.3 Å². The summed E-state index contributed by atoms with van der Waals surface area (Å²) in [6, 6.07) is 0. The Labute approximate surface area is 85.2 Å². The summed E-state index contributed by atoms with van der Waals surface area (Å²) >= 11 is 2.75. The van der Waals surface area contributed by atoms with Gasteiger partial charge in [-0.2, -0.15) is 0 Å². The highest BCUT2D eigenvalue weighted by molar-refractivity contribution is 9.10. The first-order valence-electron chi connectivity index (χ1n) is 3.31. The zero-order valence-corrected chi connectivity index (χ0v) is 8.16. The topological polar surface area (TPSA) is 82.0 Å². The molecule has 76 valence electrons. The van der Waals surface area contributed by atoms with Crippen LogP contribution in [0.4, 0.5) is 20.3 Å². The summed E-state index contributed by atoms with van der Waals surface area (Å²) in [7, 11) is 0. The number of rotatable bonds is 2. The average Bonchev–Trinajstić information content (AvgIpc) is 2.07. The molecule has 2 N–H and O–H groups in total. The molecule has 1 aromatic rings. The standard InChI is InChI=1S/C6H4BrF2N3O2/c7-2-1-11-6(10)4(12(13)14)3(2)5(8)9/h1,5H,(H2,10,11). The maximum absolute atomic E-state index is 12.4. The summed E-state index contributed by atoms with van der Waals surface area (Å²) in [5, 5.41) is 10.4. The number of halogens is 3. The van der Waals surface area contributed by atoms with Crippen LogP contribution in [0.3, 0.4) is 0 Å². The highest BCUT2D eigenvalue weighted by atomic mass is 79.9. The van der Waals surface area contributed by atoms with Crippen LogP contribution in [0.1, 0.15) is 12.0 Å². The number of nitrogen functional groups attached to an aromatic ring is 1. The van der Waals surface area contributed by atoms with Gasteiger partial charge >= 0.3 is 5.69 Å². The second kappa shape index (κ2) is 3.82. The molecule has 0 unspecified atom stereocenters. The van der Waals surface area contributed by atoms with Crippen LogP contribution >= 0.6 is 15.9 Å². The van der Waals surface area contributed by atoms with E-state index < -0.39 is 28.4 Å². The maximum Gasteiger partial charge on any atom is 0.321 e. The van der Waals surface area contributed by atoms with E-state index in [0.717, 1.165) is 6.20 Å². The van der Waals surface area contributed by atoms with Crippen LogP contribution in [0.2, 0.25) is 0 Å². The summed E-state index contributed by atoms with van der Waals surface area (Å²) in [6.45, 7) is 0.